The molecule has 5 nitrogen and oxygen atoms in total. The second kappa shape index (κ2) is 6.31. The van der Waals surface area contributed by atoms with E-state index in [0.29, 0.717) is 12.5 Å². The van der Waals surface area contributed by atoms with Crippen LogP contribution in [0.3, 0.4) is 0 Å². The zero-order valence-corrected chi connectivity index (χ0v) is 11.9. The van der Waals surface area contributed by atoms with Gasteiger partial charge in [0.2, 0.25) is 5.91 Å². The average molecular weight is 274 g/mol. The topological polar surface area (TPSA) is 49.3 Å². The molecule has 3 heterocycles. The minimum Gasteiger partial charge on any atom is -0.341 e. The number of piperidine rings is 1. The minimum atomic E-state index is 0.283. The van der Waals surface area contributed by atoms with E-state index in [1.54, 1.807) is 12.5 Å². The van der Waals surface area contributed by atoms with E-state index in [0.717, 1.165) is 44.7 Å². The lowest BCUT2D eigenvalue weighted by Crippen LogP contribution is -2.44. The fourth-order valence-electron chi connectivity index (χ4n) is 3.22. The number of hydrogen-bond acceptors (Lipinski definition) is 4. The summed E-state index contributed by atoms with van der Waals surface area (Å²) >= 11 is 0. The number of amides is 1. The van der Waals surface area contributed by atoms with Gasteiger partial charge in [-0.05, 0) is 44.8 Å². The van der Waals surface area contributed by atoms with Crippen molar-refractivity contribution in [2.45, 2.75) is 31.6 Å². The quantitative estimate of drug-likeness (QED) is 0.833. The van der Waals surface area contributed by atoms with Crippen LogP contribution >= 0.6 is 0 Å². The van der Waals surface area contributed by atoms with Crippen LogP contribution in [-0.2, 0) is 4.79 Å². The molecule has 2 aliphatic heterocycles. The van der Waals surface area contributed by atoms with E-state index in [4.69, 9.17) is 0 Å². The lowest BCUT2D eigenvalue weighted by Gasteiger charge is -2.33. The van der Waals surface area contributed by atoms with Gasteiger partial charge in [-0.2, -0.15) is 0 Å². The molecule has 1 unspecified atom stereocenters. The summed E-state index contributed by atoms with van der Waals surface area (Å²) in [6, 6.07) is 1.97. The summed E-state index contributed by atoms with van der Waals surface area (Å²) in [5.74, 6) is 0.653. The SMILES string of the molecule is O=C(CN1CCCC1)N1CCCC(c2ccncn2)C1. The van der Waals surface area contributed by atoms with Crippen molar-refractivity contribution in [3.8, 4) is 0 Å². The monoisotopic (exact) mass is 274 g/mol. The Morgan fingerprint density at radius 3 is 2.85 bits per heavy atom. The average Bonchev–Trinajstić information content (AvgIpc) is 3.01. The molecule has 2 saturated heterocycles. The van der Waals surface area contributed by atoms with Crippen molar-refractivity contribution in [3.63, 3.8) is 0 Å². The second-order valence-corrected chi connectivity index (χ2v) is 5.80. The van der Waals surface area contributed by atoms with Crippen LogP contribution in [0.4, 0.5) is 0 Å². The van der Waals surface area contributed by atoms with Gasteiger partial charge in [-0.3, -0.25) is 9.69 Å². The first-order valence-corrected chi connectivity index (χ1v) is 7.59. The normalized spacial score (nSPS) is 24.0. The highest BCUT2D eigenvalue weighted by atomic mass is 16.2. The zero-order chi connectivity index (χ0) is 13.8. The highest BCUT2D eigenvalue weighted by molar-refractivity contribution is 5.78. The van der Waals surface area contributed by atoms with Gasteiger partial charge < -0.3 is 4.90 Å². The molecule has 2 fully saturated rings. The number of likely N-dealkylation sites (tertiary alicyclic amines) is 2. The molecule has 1 aromatic rings. The van der Waals surface area contributed by atoms with E-state index < -0.39 is 0 Å². The van der Waals surface area contributed by atoms with Crippen molar-refractivity contribution < 1.29 is 4.79 Å². The predicted octanol–water partition coefficient (Wildman–Crippen LogP) is 1.28. The van der Waals surface area contributed by atoms with Crippen molar-refractivity contribution >= 4 is 5.91 Å². The summed E-state index contributed by atoms with van der Waals surface area (Å²) in [5, 5.41) is 0. The van der Waals surface area contributed by atoms with Gasteiger partial charge in [0.05, 0.1) is 6.54 Å². The van der Waals surface area contributed by atoms with Gasteiger partial charge >= 0.3 is 0 Å². The molecule has 5 heteroatoms. The Morgan fingerprint density at radius 1 is 1.25 bits per heavy atom. The molecule has 3 rings (SSSR count). The molecule has 0 N–H and O–H groups in total. The standard InChI is InChI=1S/C15H22N4O/c20-15(11-18-7-1-2-8-18)19-9-3-4-13(10-19)14-5-6-16-12-17-14/h5-6,12-13H,1-4,7-11H2. The summed E-state index contributed by atoms with van der Waals surface area (Å²) in [6.07, 6.45) is 8.03. The van der Waals surface area contributed by atoms with E-state index >= 15 is 0 Å². The van der Waals surface area contributed by atoms with Crippen molar-refractivity contribution in [1.29, 1.82) is 0 Å². The summed E-state index contributed by atoms with van der Waals surface area (Å²) in [6.45, 7) is 4.46. The highest BCUT2D eigenvalue weighted by Gasteiger charge is 2.26. The van der Waals surface area contributed by atoms with Crippen LogP contribution < -0.4 is 0 Å². The number of nitrogens with zero attached hydrogens (tertiary/aromatic N) is 4. The van der Waals surface area contributed by atoms with Crippen LogP contribution in [0.15, 0.2) is 18.6 Å². The Bertz CT molecular complexity index is 444. The van der Waals surface area contributed by atoms with Crippen LogP contribution in [0.2, 0.25) is 0 Å². The molecule has 108 valence electrons. The number of rotatable bonds is 3. The predicted molar refractivity (Wildman–Crippen MR) is 76.3 cm³/mol. The van der Waals surface area contributed by atoms with E-state index in [2.05, 4.69) is 14.9 Å². The number of carbonyl (C=O) groups is 1. The van der Waals surface area contributed by atoms with Crippen LogP contribution in [0.25, 0.3) is 0 Å². The van der Waals surface area contributed by atoms with Gasteiger partial charge in [0.1, 0.15) is 6.33 Å². The fraction of sp³-hybridized carbons (Fsp3) is 0.667. The molecular formula is C15H22N4O. The lowest BCUT2D eigenvalue weighted by molar-refractivity contribution is -0.133. The molecule has 1 amide bonds. The van der Waals surface area contributed by atoms with Crippen molar-refractivity contribution in [1.82, 2.24) is 19.8 Å². The Morgan fingerprint density at radius 2 is 2.10 bits per heavy atom. The molecule has 1 aromatic heterocycles. The summed E-state index contributed by atoms with van der Waals surface area (Å²) in [7, 11) is 0. The molecule has 0 saturated carbocycles. The van der Waals surface area contributed by atoms with Crippen LogP contribution in [0.1, 0.15) is 37.3 Å². The molecular weight excluding hydrogens is 252 g/mol. The van der Waals surface area contributed by atoms with Gasteiger partial charge in [0.15, 0.2) is 0 Å². The molecule has 0 spiro atoms. The van der Waals surface area contributed by atoms with Gasteiger partial charge in [0, 0.05) is 30.9 Å². The van der Waals surface area contributed by atoms with E-state index in [1.807, 2.05) is 11.0 Å². The van der Waals surface area contributed by atoms with Gasteiger partial charge in [-0.1, -0.05) is 0 Å². The maximum atomic E-state index is 12.4. The van der Waals surface area contributed by atoms with Gasteiger partial charge in [-0.25, -0.2) is 9.97 Å². The molecule has 1 atom stereocenters. The summed E-state index contributed by atoms with van der Waals surface area (Å²) < 4.78 is 0. The molecule has 0 bridgehead atoms. The highest BCUT2D eigenvalue weighted by Crippen LogP contribution is 2.25. The maximum Gasteiger partial charge on any atom is 0.236 e. The van der Waals surface area contributed by atoms with Crippen molar-refractivity contribution in [2.75, 3.05) is 32.7 Å². The Kier molecular flexibility index (Phi) is 4.25. The summed E-state index contributed by atoms with van der Waals surface area (Å²) in [4.78, 5) is 25.0. The third-order valence-corrected chi connectivity index (χ3v) is 4.35. The summed E-state index contributed by atoms with van der Waals surface area (Å²) in [5.41, 5.74) is 1.07. The molecule has 20 heavy (non-hydrogen) atoms. The number of aromatic nitrogens is 2. The number of carbonyl (C=O) groups excluding carboxylic acids is 1. The molecule has 0 aliphatic carbocycles. The van der Waals surface area contributed by atoms with Crippen LogP contribution in [-0.4, -0.2) is 58.4 Å². The molecule has 0 aromatic carbocycles. The Labute approximate surface area is 120 Å². The van der Waals surface area contributed by atoms with Crippen LogP contribution in [0.5, 0.6) is 0 Å². The molecule has 0 radical (unpaired) electrons. The van der Waals surface area contributed by atoms with Crippen molar-refractivity contribution in [2.24, 2.45) is 0 Å². The fourth-order valence-corrected chi connectivity index (χ4v) is 3.22. The van der Waals surface area contributed by atoms with Gasteiger partial charge in [-0.15, -0.1) is 0 Å². The minimum absolute atomic E-state index is 0.283. The van der Waals surface area contributed by atoms with Crippen LogP contribution in [0, 0.1) is 0 Å². The second-order valence-electron chi connectivity index (χ2n) is 5.80. The smallest absolute Gasteiger partial charge is 0.236 e. The lowest BCUT2D eigenvalue weighted by atomic mass is 9.94. The first kappa shape index (κ1) is 13.5. The zero-order valence-electron chi connectivity index (χ0n) is 11.9. The third kappa shape index (κ3) is 3.15. The molecule has 2 aliphatic rings. The Balaban J connectivity index is 1.58. The number of hydrogen-bond donors (Lipinski definition) is 0. The third-order valence-electron chi connectivity index (χ3n) is 4.35. The largest absolute Gasteiger partial charge is 0.341 e. The van der Waals surface area contributed by atoms with E-state index in [9.17, 15) is 4.79 Å². The van der Waals surface area contributed by atoms with Gasteiger partial charge in [0.25, 0.3) is 0 Å². The first-order valence-electron chi connectivity index (χ1n) is 7.59. The van der Waals surface area contributed by atoms with Crippen molar-refractivity contribution in [3.05, 3.63) is 24.3 Å². The Hall–Kier alpha value is -1.49. The van der Waals surface area contributed by atoms with E-state index in [-0.39, 0.29) is 5.91 Å². The maximum absolute atomic E-state index is 12.4. The van der Waals surface area contributed by atoms with E-state index in [1.165, 1.54) is 12.8 Å². The first-order chi connectivity index (χ1) is 9.83.